The number of benzene rings is 2. The van der Waals surface area contributed by atoms with E-state index in [9.17, 15) is 37.1 Å². The molecule has 7 rings (SSSR count). The number of piperidine rings is 4. The molecule has 1 unspecified atom stereocenters. The number of hydrogen-bond acceptors (Lipinski definition) is 11. The molecular formula is C45H51F3N8O6. The summed E-state index contributed by atoms with van der Waals surface area (Å²) in [5, 5.41) is 14.3. The van der Waals surface area contributed by atoms with Crippen LogP contribution in [0, 0.1) is 23.2 Å². The summed E-state index contributed by atoms with van der Waals surface area (Å²) >= 11 is 0. The highest BCUT2D eigenvalue weighted by atomic mass is 19.4. The quantitative estimate of drug-likeness (QED) is 0.180. The maximum atomic E-state index is 13.5. The van der Waals surface area contributed by atoms with Crippen LogP contribution in [0.5, 0.6) is 5.75 Å². The highest BCUT2D eigenvalue weighted by molar-refractivity contribution is 6.06. The molecule has 3 aromatic rings. The molecule has 4 amide bonds. The molecule has 328 valence electrons. The average Bonchev–Trinajstić information content (AvgIpc) is 3.27. The van der Waals surface area contributed by atoms with Gasteiger partial charge < -0.3 is 24.8 Å². The second-order valence-corrected chi connectivity index (χ2v) is 16.7. The van der Waals surface area contributed by atoms with Gasteiger partial charge in [-0.1, -0.05) is 6.07 Å². The van der Waals surface area contributed by atoms with Crippen molar-refractivity contribution < 1.29 is 41.9 Å². The van der Waals surface area contributed by atoms with Crippen LogP contribution in [0.15, 0.2) is 54.7 Å². The number of imide groups is 1. The Morgan fingerprint density at radius 3 is 2.32 bits per heavy atom. The summed E-state index contributed by atoms with van der Waals surface area (Å²) in [7, 11) is 1.49. The second kappa shape index (κ2) is 19.5. The number of aromatic nitrogens is 1. The van der Waals surface area contributed by atoms with Gasteiger partial charge in [0.1, 0.15) is 23.7 Å². The van der Waals surface area contributed by atoms with Crippen molar-refractivity contribution in [2.24, 2.45) is 11.8 Å². The van der Waals surface area contributed by atoms with Crippen LogP contribution < -0.4 is 20.3 Å². The largest absolute Gasteiger partial charge is 0.490 e. The Morgan fingerprint density at radius 2 is 1.68 bits per heavy atom. The Balaban J connectivity index is 0.794. The topological polar surface area (TPSA) is 168 Å². The van der Waals surface area contributed by atoms with Crippen LogP contribution in [0.25, 0.3) is 0 Å². The van der Waals surface area contributed by atoms with Crippen LogP contribution in [-0.4, -0.2) is 115 Å². The fourth-order valence-corrected chi connectivity index (χ4v) is 8.92. The zero-order chi connectivity index (χ0) is 44.0. The lowest BCUT2D eigenvalue weighted by Crippen LogP contribution is -2.53. The zero-order valence-corrected chi connectivity index (χ0v) is 34.7. The predicted molar refractivity (Wildman–Crippen MR) is 222 cm³/mol. The summed E-state index contributed by atoms with van der Waals surface area (Å²) in [6.45, 7) is 6.37. The number of amides is 4. The van der Waals surface area contributed by atoms with Crippen molar-refractivity contribution >= 4 is 41.4 Å². The zero-order valence-electron chi connectivity index (χ0n) is 34.7. The first-order valence-corrected chi connectivity index (χ1v) is 21.2. The third-order valence-corrected chi connectivity index (χ3v) is 12.6. The van der Waals surface area contributed by atoms with E-state index in [4.69, 9.17) is 10.00 Å². The molecule has 4 fully saturated rings. The van der Waals surface area contributed by atoms with Crippen LogP contribution in [0.2, 0.25) is 0 Å². The van der Waals surface area contributed by atoms with Crippen molar-refractivity contribution in [1.82, 2.24) is 25.0 Å². The minimum atomic E-state index is -4.63. The van der Waals surface area contributed by atoms with E-state index in [-0.39, 0.29) is 47.8 Å². The fraction of sp³-hybridized carbons (Fsp3) is 0.489. The van der Waals surface area contributed by atoms with Gasteiger partial charge in [-0.05, 0) is 112 Å². The summed E-state index contributed by atoms with van der Waals surface area (Å²) in [6, 6.07) is 13.1. The number of likely N-dealkylation sites (N-methyl/N-ethyl adjacent to an activating group) is 1. The molecule has 4 aliphatic heterocycles. The molecule has 14 nitrogen and oxygen atoms in total. The summed E-state index contributed by atoms with van der Waals surface area (Å²) in [5.41, 5.74) is 0.423. The van der Waals surface area contributed by atoms with Gasteiger partial charge in [-0.2, -0.15) is 18.4 Å². The minimum absolute atomic E-state index is 0.0193. The number of aldehydes is 1. The SMILES string of the molecule is CN(C(=O)c1ccc(OC2CCN(CC3CCN(Cc4ccc(NC(=O)C5CCN(c6ccc(C#N)c(C(F)(F)F)c6)CC5)nc4)CC3)CC2)cc1C=O)C1CCC(=O)NC1=O. The normalized spacial score (nSPS) is 20.0. The van der Waals surface area contributed by atoms with Crippen molar-refractivity contribution in [1.29, 1.82) is 5.26 Å². The van der Waals surface area contributed by atoms with Crippen LogP contribution >= 0.6 is 0 Å². The fourth-order valence-electron chi connectivity index (χ4n) is 8.92. The van der Waals surface area contributed by atoms with E-state index in [0.717, 1.165) is 76.6 Å². The molecule has 2 N–H and O–H groups in total. The molecule has 0 aliphatic carbocycles. The van der Waals surface area contributed by atoms with Crippen molar-refractivity contribution in [3.05, 3.63) is 82.5 Å². The molecule has 5 heterocycles. The number of pyridine rings is 1. The van der Waals surface area contributed by atoms with E-state index < -0.39 is 35.2 Å². The number of carbonyl (C=O) groups excluding carboxylic acids is 5. The molecule has 0 spiro atoms. The number of halogens is 3. The molecule has 0 saturated carbocycles. The predicted octanol–water partition coefficient (Wildman–Crippen LogP) is 5.27. The lowest BCUT2D eigenvalue weighted by molar-refractivity contribution is -0.138. The van der Waals surface area contributed by atoms with Crippen molar-refractivity contribution in [2.45, 2.75) is 76.2 Å². The summed E-state index contributed by atoms with van der Waals surface area (Å²) in [6.07, 6.45) is 2.94. The molecule has 2 aromatic carbocycles. The van der Waals surface area contributed by atoms with Gasteiger partial charge in [-0.3, -0.25) is 34.2 Å². The highest BCUT2D eigenvalue weighted by Gasteiger charge is 2.36. The van der Waals surface area contributed by atoms with Gasteiger partial charge in [0.05, 0.1) is 22.8 Å². The third-order valence-electron chi connectivity index (χ3n) is 12.6. The summed E-state index contributed by atoms with van der Waals surface area (Å²) < 4.78 is 46.7. The highest BCUT2D eigenvalue weighted by Crippen LogP contribution is 2.36. The van der Waals surface area contributed by atoms with Crippen LogP contribution in [0.4, 0.5) is 24.7 Å². The van der Waals surface area contributed by atoms with Crippen molar-refractivity contribution in [2.75, 3.05) is 63.1 Å². The average molecular weight is 857 g/mol. The number of rotatable bonds is 12. The summed E-state index contributed by atoms with van der Waals surface area (Å²) in [4.78, 5) is 74.6. The maximum absolute atomic E-state index is 13.5. The number of nitrogens with zero attached hydrogens (tertiary/aromatic N) is 6. The summed E-state index contributed by atoms with van der Waals surface area (Å²) in [5.74, 6) is -0.259. The number of nitriles is 1. The van der Waals surface area contributed by atoms with E-state index >= 15 is 0 Å². The number of hydrogen-bond donors (Lipinski definition) is 2. The molecule has 17 heteroatoms. The van der Waals surface area contributed by atoms with E-state index in [1.165, 1.54) is 24.1 Å². The van der Waals surface area contributed by atoms with E-state index in [1.807, 2.05) is 11.0 Å². The Bertz CT molecular complexity index is 2170. The second-order valence-electron chi connectivity index (χ2n) is 16.7. The molecule has 0 bridgehead atoms. The number of ether oxygens (including phenoxy) is 1. The Morgan fingerprint density at radius 1 is 0.952 bits per heavy atom. The van der Waals surface area contributed by atoms with Gasteiger partial charge >= 0.3 is 6.18 Å². The number of alkyl halides is 3. The molecule has 1 aromatic heterocycles. The van der Waals surface area contributed by atoms with Gasteiger partial charge in [0.2, 0.25) is 17.7 Å². The van der Waals surface area contributed by atoms with E-state index in [2.05, 4.69) is 25.4 Å². The van der Waals surface area contributed by atoms with Gasteiger partial charge in [0, 0.05) is 76.1 Å². The van der Waals surface area contributed by atoms with Crippen molar-refractivity contribution in [3.8, 4) is 11.8 Å². The number of carbonyl (C=O) groups is 5. The maximum Gasteiger partial charge on any atom is 0.417 e. The first-order chi connectivity index (χ1) is 29.8. The van der Waals surface area contributed by atoms with Gasteiger partial charge in [-0.25, -0.2) is 4.98 Å². The number of anilines is 2. The van der Waals surface area contributed by atoms with Gasteiger partial charge in [0.25, 0.3) is 5.91 Å². The Labute approximate surface area is 358 Å². The van der Waals surface area contributed by atoms with Crippen LogP contribution in [0.1, 0.15) is 88.8 Å². The lowest BCUT2D eigenvalue weighted by atomic mass is 9.94. The number of nitrogens with one attached hydrogen (secondary N) is 2. The Kier molecular flexibility index (Phi) is 13.9. The molecule has 4 saturated heterocycles. The third kappa shape index (κ3) is 10.8. The first-order valence-electron chi connectivity index (χ1n) is 21.2. The smallest absolute Gasteiger partial charge is 0.417 e. The Hall–Kier alpha value is -5.86. The number of likely N-dealkylation sites (tertiary alicyclic amines) is 2. The molecule has 0 radical (unpaired) electrons. The lowest BCUT2D eigenvalue weighted by Gasteiger charge is -2.37. The molecule has 4 aliphatic rings. The van der Waals surface area contributed by atoms with Crippen LogP contribution in [-0.2, 0) is 27.1 Å². The van der Waals surface area contributed by atoms with Gasteiger partial charge in [0.15, 0.2) is 6.29 Å². The monoisotopic (exact) mass is 856 g/mol. The molecule has 1 atom stereocenters. The van der Waals surface area contributed by atoms with Crippen molar-refractivity contribution in [3.63, 3.8) is 0 Å². The molecular weight excluding hydrogens is 806 g/mol. The first kappa shape index (κ1) is 44.2. The standard InChI is InChI=1S/C45H51F3N8O6/c1-53(39-7-9-41(58)52-43(39)60)44(61)37-6-5-36(22-33(37)28-57)62-35-14-18-55(19-15-35)26-29-10-16-54(17-11-29)27-30-2-8-40(50-25-30)51-42(59)31-12-20-56(21-13-31)34-4-3-32(24-49)38(23-34)45(46,47)48/h2-6,8,22-23,25,28-29,31,35,39H,7,9-21,26-27H2,1H3,(H,50,51,59)(H,52,58,60). The minimum Gasteiger partial charge on any atom is -0.490 e. The van der Waals surface area contributed by atoms with Crippen LogP contribution in [0.3, 0.4) is 0 Å². The molecule has 62 heavy (non-hydrogen) atoms. The van der Waals surface area contributed by atoms with E-state index in [0.29, 0.717) is 55.4 Å². The van der Waals surface area contributed by atoms with E-state index in [1.54, 1.807) is 36.5 Å². The van der Waals surface area contributed by atoms with Gasteiger partial charge in [-0.15, -0.1) is 0 Å².